The van der Waals surface area contributed by atoms with Gasteiger partial charge in [0.15, 0.2) is 5.78 Å². The fourth-order valence-electron chi connectivity index (χ4n) is 1.20. The van der Waals surface area contributed by atoms with Gasteiger partial charge in [-0.2, -0.15) is 4.91 Å². The van der Waals surface area contributed by atoms with Crippen LogP contribution in [0.25, 0.3) is 0 Å². The summed E-state index contributed by atoms with van der Waals surface area (Å²) < 4.78 is 0. The molecule has 3 heteroatoms. The fourth-order valence-corrected chi connectivity index (χ4v) is 1.20. The van der Waals surface area contributed by atoms with Gasteiger partial charge in [0.1, 0.15) is 0 Å². The zero-order chi connectivity index (χ0) is 10.6. The summed E-state index contributed by atoms with van der Waals surface area (Å²) in [6.45, 7) is 3.72. The van der Waals surface area contributed by atoms with E-state index in [0.717, 1.165) is 5.56 Å². The van der Waals surface area contributed by atoms with Crippen LogP contribution in [0.15, 0.2) is 29.4 Å². The molecule has 0 aliphatic carbocycles. The second-order valence-electron chi connectivity index (χ2n) is 3.44. The van der Waals surface area contributed by atoms with E-state index in [1.54, 1.807) is 19.1 Å². The van der Waals surface area contributed by atoms with Crippen LogP contribution in [0, 0.1) is 17.7 Å². The lowest BCUT2D eigenvalue weighted by Gasteiger charge is -2.05. The van der Waals surface area contributed by atoms with Crippen molar-refractivity contribution >= 4 is 5.78 Å². The van der Waals surface area contributed by atoms with Gasteiger partial charge in [0.2, 0.25) is 0 Å². The van der Waals surface area contributed by atoms with E-state index in [1.807, 2.05) is 19.1 Å². The van der Waals surface area contributed by atoms with Gasteiger partial charge in [-0.05, 0) is 6.92 Å². The molecule has 1 aromatic carbocycles. The molecule has 0 aromatic heterocycles. The highest BCUT2D eigenvalue weighted by atomic mass is 16.3. The maximum Gasteiger partial charge on any atom is 0.167 e. The average molecular weight is 191 g/mol. The van der Waals surface area contributed by atoms with E-state index >= 15 is 0 Å². The van der Waals surface area contributed by atoms with Gasteiger partial charge in [-0.15, -0.1) is 0 Å². The topological polar surface area (TPSA) is 46.5 Å². The summed E-state index contributed by atoms with van der Waals surface area (Å²) in [6, 6.07) is 7.32. The van der Waals surface area contributed by atoms with Gasteiger partial charge in [-0.3, -0.25) is 4.79 Å². The maximum absolute atomic E-state index is 11.6. The Labute approximate surface area is 83.1 Å². The molecule has 0 saturated heterocycles. The molecule has 0 bridgehead atoms. The van der Waals surface area contributed by atoms with Crippen LogP contribution in [0.5, 0.6) is 0 Å². The Morgan fingerprint density at radius 2 is 1.93 bits per heavy atom. The minimum Gasteiger partial charge on any atom is -0.294 e. The molecule has 0 heterocycles. The minimum atomic E-state index is -0.324. The van der Waals surface area contributed by atoms with Crippen LogP contribution in [0.2, 0.25) is 0 Å². The van der Waals surface area contributed by atoms with Gasteiger partial charge in [0.25, 0.3) is 0 Å². The third kappa shape index (κ3) is 2.49. The number of Topliss-reactive ketones (excluding diaryl/α,β-unsaturated/α-hetero) is 1. The number of rotatable bonds is 4. The van der Waals surface area contributed by atoms with Crippen LogP contribution in [-0.4, -0.2) is 12.3 Å². The lowest BCUT2D eigenvalue weighted by molar-refractivity contribution is 0.0934. The normalized spacial score (nSPS) is 12.1. The minimum absolute atomic E-state index is 0.0235. The highest BCUT2D eigenvalue weighted by Gasteiger charge is 2.14. The predicted octanol–water partition coefficient (Wildman–Crippen LogP) is 2.58. The first-order valence-corrected chi connectivity index (χ1v) is 4.55. The second-order valence-corrected chi connectivity index (χ2v) is 3.44. The summed E-state index contributed by atoms with van der Waals surface area (Å²) in [5.74, 6) is -0.347. The van der Waals surface area contributed by atoms with Gasteiger partial charge >= 0.3 is 0 Å². The monoisotopic (exact) mass is 191 g/mol. The van der Waals surface area contributed by atoms with E-state index in [1.165, 1.54) is 0 Å². The number of hydrogen-bond acceptors (Lipinski definition) is 3. The number of hydrogen-bond donors (Lipinski definition) is 0. The van der Waals surface area contributed by atoms with E-state index < -0.39 is 0 Å². The van der Waals surface area contributed by atoms with E-state index in [0.29, 0.717) is 5.56 Å². The van der Waals surface area contributed by atoms with Crippen LogP contribution in [-0.2, 0) is 0 Å². The number of carbonyl (C=O) groups is 1. The van der Waals surface area contributed by atoms with E-state index in [4.69, 9.17) is 0 Å². The van der Waals surface area contributed by atoms with Crippen molar-refractivity contribution in [2.45, 2.75) is 13.8 Å². The number of nitroso groups, excluding NO2 is 1. The molecule has 14 heavy (non-hydrogen) atoms. The molecule has 0 N–H and O–H groups in total. The lowest BCUT2D eigenvalue weighted by atomic mass is 9.99. The van der Waals surface area contributed by atoms with Crippen LogP contribution >= 0.6 is 0 Å². The Kier molecular flexibility index (Phi) is 3.51. The van der Waals surface area contributed by atoms with Crippen molar-refractivity contribution in [2.75, 3.05) is 6.54 Å². The molecule has 0 spiro atoms. The predicted molar refractivity (Wildman–Crippen MR) is 55.3 cm³/mol. The van der Waals surface area contributed by atoms with Crippen molar-refractivity contribution in [3.05, 3.63) is 40.3 Å². The fraction of sp³-hybridized carbons (Fsp3) is 0.364. The largest absolute Gasteiger partial charge is 0.294 e. The number of ketones is 1. The summed E-state index contributed by atoms with van der Waals surface area (Å²) in [4.78, 5) is 21.6. The molecular formula is C11H13NO2. The summed E-state index contributed by atoms with van der Waals surface area (Å²) >= 11 is 0. The van der Waals surface area contributed by atoms with Gasteiger partial charge in [-0.25, -0.2) is 0 Å². The first-order chi connectivity index (χ1) is 6.65. The smallest absolute Gasteiger partial charge is 0.167 e. The van der Waals surface area contributed by atoms with Crippen molar-refractivity contribution < 1.29 is 4.79 Å². The van der Waals surface area contributed by atoms with E-state index in [9.17, 15) is 9.70 Å². The summed E-state index contributed by atoms with van der Waals surface area (Å²) in [6.07, 6.45) is 0. The Morgan fingerprint density at radius 1 is 1.36 bits per heavy atom. The lowest BCUT2D eigenvalue weighted by Crippen LogP contribution is -2.13. The molecule has 0 aliphatic heterocycles. The van der Waals surface area contributed by atoms with Crippen LogP contribution < -0.4 is 0 Å². The molecule has 0 fully saturated rings. The molecule has 0 radical (unpaired) electrons. The number of nitrogens with zero attached hydrogens (tertiary/aromatic N) is 1. The molecule has 1 unspecified atom stereocenters. The van der Waals surface area contributed by atoms with Crippen LogP contribution in [0.4, 0.5) is 0 Å². The Hall–Kier alpha value is -1.51. The van der Waals surface area contributed by atoms with Gasteiger partial charge in [0, 0.05) is 11.5 Å². The molecule has 0 saturated carbocycles. The molecule has 0 aliphatic rings. The van der Waals surface area contributed by atoms with Gasteiger partial charge in [0.05, 0.1) is 6.54 Å². The molecule has 0 amide bonds. The second kappa shape index (κ2) is 4.65. The molecule has 1 aromatic rings. The standard InChI is InChI=1S/C11H13NO2/c1-8-3-5-10(6-4-8)11(13)9(2)7-12-14/h3-6,9H,7H2,1-2H3. The first-order valence-electron chi connectivity index (χ1n) is 4.55. The van der Waals surface area contributed by atoms with E-state index in [-0.39, 0.29) is 18.2 Å². The van der Waals surface area contributed by atoms with Crippen molar-refractivity contribution in [1.82, 2.24) is 0 Å². The van der Waals surface area contributed by atoms with Crippen LogP contribution in [0.3, 0.4) is 0 Å². The quantitative estimate of drug-likeness (QED) is 0.542. The summed E-state index contributed by atoms with van der Waals surface area (Å²) in [5.41, 5.74) is 1.76. The summed E-state index contributed by atoms with van der Waals surface area (Å²) in [5, 5.41) is 2.73. The Balaban J connectivity index is 2.78. The molecular weight excluding hydrogens is 178 g/mol. The molecule has 1 rings (SSSR count). The van der Waals surface area contributed by atoms with Crippen molar-refractivity contribution in [1.29, 1.82) is 0 Å². The zero-order valence-corrected chi connectivity index (χ0v) is 8.36. The summed E-state index contributed by atoms with van der Waals surface area (Å²) in [7, 11) is 0. The van der Waals surface area contributed by atoms with Gasteiger partial charge < -0.3 is 0 Å². The zero-order valence-electron chi connectivity index (χ0n) is 8.36. The SMILES string of the molecule is Cc1ccc(C(=O)C(C)CN=O)cc1. The third-order valence-electron chi connectivity index (χ3n) is 2.13. The third-order valence-corrected chi connectivity index (χ3v) is 2.13. The van der Waals surface area contributed by atoms with Crippen molar-refractivity contribution in [3.8, 4) is 0 Å². The van der Waals surface area contributed by atoms with Crippen LogP contribution in [0.1, 0.15) is 22.8 Å². The number of aryl methyl sites for hydroxylation is 1. The highest BCUT2D eigenvalue weighted by molar-refractivity contribution is 5.97. The molecule has 74 valence electrons. The Bertz CT molecular complexity index is 330. The molecule has 3 nitrogen and oxygen atoms in total. The number of benzene rings is 1. The van der Waals surface area contributed by atoms with Crippen molar-refractivity contribution in [2.24, 2.45) is 11.1 Å². The van der Waals surface area contributed by atoms with E-state index in [2.05, 4.69) is 5.18 Å². The average Bonchev–Trinajstić information content (AvgIpc) is 2.18. The number of carbonyl (C=O) groups excluding carboxylic acids is 1. The highest BCUT2D eigenvalue weighted by Crippen LogP contribution is 2.10. The Morgan fingerprint density at radius 3 is 2.43 bits per heavy atom. The molecule has 1 atom stereocenters. The van der Waals surface area contributed by atoms with Gasteiger partial charge in [-0.1, -0.05) is 41.9 Å². The first kappa shape index (κ1) is 10.6. The van der Waals surface area contributed by atoms with Crippen molar-refractivity contribution in [3.63, 3.8) is 0 Å². The maximum atomic E-state index is 11.6.